The van der Waals surface area contributed by atoms with Gasteiger partial charge in [0.15, 0.2) is 0 Å². The van der Waals surface area contributed by atoms with Gasteiger partial charge < -0.3 is 4.74 Å². The molecule has 31 heavy (non-hydrogen) atoms. The molecule has 0 aliphatic carbocycles. The maximum Gasteiger partial charge on any atom is 0.293 e. The van der Waals surface area contributed by atoms with Crippen LogP contribution in [0.3, 0.4) is 0 Å². The first-order chi connectivity index (χ1) is 15.0. The third-order valence-electron chi connectivity index (χ3n) is 4.96. The fourth-order valence-electron chi connectivity index (χ4n) is 3.15. The summed E-state index contributed by atoms with van der Waals surface area (Å²) in [7, 11) is 0. The molecule has 1 fully saturated rings. The fraction of sp³-hybridized carbons (Fsp3) is 0.120. The van der Waals surface area contributed by atoms with E-state index in [4.69, 9.17) is 4.74 Å². The first kappa shape index (κ1) is 20.9. The van der Waals surface area contributed by atoms with Crippen molar-refractivity contribution < 1.29 is 18.7 Å². The van der Waals surface area contributed by atoms with Gasteiger partial charge in [-0.1, -0.05) is 48.5 Å². The van der Waals surface area contributed by atoms with Gasteiger partial charge in [0.25, 0.3) is 11.1 Å². The van der Waals surface area contributed by atoms with E-state index in [9.17, 15) is 14.0 Å². The van der Waals surface area contributed by atoms with Crippen LogP contribution in [0.5, 0.6) is 5.75 Å². The second-order valence-corrected chi connectivity index (χ2v) is 8.17. The summed E-state index contributed by atoms with van der Waals surface area (Å²) < 4.78 is 18.9. The lowest BCUT2D eigenvalue weighted by Gasteiger charge is -2.12. The van der Waals surface area contributed by atoms with E-state index >= 15 is 0 Å². The van der Waals surface area contributed by atoms with Crippen LogP contribution in [-0.2, 0) is 17.9 Å². The largest absolute Gasteiger partial charge is 0.489 e. The van der Waals surface area contributed by atoms with Gasteiger partial charge in [0.1, 0.15) is 18.2 Å². The molecule has 1 heterocycles. The second-order valence-electron chi connectivity index (χ2n) is 7.18. The lowest BCUT2D eigenvalue weighted by atomic mass is 10.1. The molecule has 1 aliphatic heterocycles. The van der Waals surface area contributed by atoms with Gasteiger partial charge in [0, 0.05) is 0 Å². The molecule has 2 amide bonds. The van der Waals surface area contributed by atoms with Gasteiger partial charge in [0.05, 0.1) is 11.4 Å². The average molecular weight is 434 g/mol. The van der Waals surface area contributed by atoms with E-state index in [1.165, 1.54) is 22.6 Å². The molecule has 156 valence electrons. The van der Waals surface area contributed by atoms with Crippen molar-refractivity contribution in [2.45, 2.75) is 20.1 Å². The monoisotopic (exact) mass is 433 g/mol. The molecule has 1 aliphatic rings. The molecule has 0 aromatic heterocycles. The molecule has 6 heteroatoms. The van der Waals surface area contributed by atoms with Crippen molar-refractivity contribution in [2.24, 2.45) is 0 Å². The van der Waals surface area contributed by atoms with Crippen LogP contribution in [0.4, 0.5) is 9.18 Å². The number of imide groups is 1. The number of rotatable bonds is 6. The minimum atomic E-state index is -0.357. The zero-order valence-corrected chi connectivity index (χ0v) is 17.7. The number of hydrogen-bond acceptors (Lipinski definition) is 4. The highest BCUT2D eigenvalue weighted by Gasteiger charge is 2.34. The SMILES string of the molecule is Cc1ccccc1COc1ccc(/C=C2\SC(=O)N(Cc3ccc(F)cc3)C2=O)cc1. The summed E-state index contributed by atoms with van der Waals surface area (Å²) in [6.07, 6.45) is 1.70. The molecule has 3 aromatic rings. The Balaban J connectivity index is 1.41. The van der Waals surface area contributed by atoms with Crippen LogP contribution in [0.2, 0.25) is 0 Å². The molecular formula is C25H20FNO3S. The molecule has 0 unspecified atom stereocenters. The Labute approximate surface area is 184 Å². The minimum absolute atomic E-state index is 0.119. The Morgan fingerprint density at radius 1 is 0.968 bits per heavy atom. The fourth-order valence-corrected chi connectivity index (χ4v) is 3.99. The Kier molecular flexibility index (Phi) is 6.18. The number of nitrogens with zero attached hydrogens (tertiary/aromatic N) is 1. The lowest BCUT2D eigenvalue weighted by Crippen LogP contribution is -2.27. The van der Waals surface area contributed by atoms with Gasteiger partial charge in [-0.25, -0.2) is 4.39 Å². The summed E-state index contributed by atoms with van der Waals surface area (Å²) in [4.78, 5) is 26.5. The van der Waals surface area contributed by atoms with Crippen LogP contribution in [-0.4, -0.2) is 16.0 Å². The van der Waals surface area contributed by atoms with Gasteiger partial charge in [-0.3, -0.25) is 14.5 Å². The van der Waals surface area contributed by atoms with Crippen LogP contribution in [0.1, 0.15) is 22.3 Å². The summed E-state index contributed by atoms with van der Waals surface area (Å²) in [5.41, 5.74) is 3.80. The van der Waals surface area contributed by atoms with Crippen LogP contribution in [0.25, 0.3) is 6.08 Å². The van der Waals surface area contributed by atoms with Gasteiger partial charge in [-0.2, -0.15) is 0 Å². The van der Waals surface area contributed by atoms with E-state index in [1.54, 1.807) is 18.2 Å². The van der Waals surface area contributed by atoms with E-state index in [-0.39, 0.29) is 23.5 Å². The van der Waals surface area contributed by atoms with Crippen molar-refractivity contribution in [3.05, 3.63) is 106 Å². The first-order valence-electron chi connectivity index (χ1n) is 9.77. The molecule has 0 saturated carbocycles. The smallest absolute Gasteiger partial charge is 0.293 e. The molecule has 1 saturated heterocycles. The van der Waals surface area contributed by atoms with Crippen molar-refractivity contribution >= 4 is 29.0 Å². The molecule has 0 atom stereocenters. The topological polar surface area (TPSA) is 46.6 Å². The Bertz CT molecular complexity index is 1140. The number of benzene rings is 3. The van der Waals surface area contributed by atoms with Gasteiger partial charge in [-0.15, -0.1) is 0 Å². The zero-order chi connectivity index (χ0) is 21.8. The Hall–Kier alpha value is -3.38. The van der Waals surface area contributed by atoms with Crippen LogP contribution in [0, 0.1) is 12.7 Å². The maximum atomic E-state index is 13.1. The summed E-state index contributed by atoms with van der Waals surface area (Å²) in [5.74, 6) is 0.0214. The molecule has 0 bridgehead atoms. The third-order valence-corrected chi connectivity index (χ3v) is 5.87. The quantitative estimate of drug-likeness (QED) is 0.451. The molecule has 3 aromatic carbocycles. The standard InChI is InChI=1S/C25H20FNO3S/c1-17-4-2-3-5-20(17)16-30-22-12-8-18(9-13-22)14-23-24(28)27(25(29)31-23)15-19-6-10-21(26)11-7-19/h2-14H,15-16H2,1H3/b23-14-. The summed E-state index contributed by atoms with van der Waals surface area (Å²) in [6.45, 7) is 2.65. The summed E-state index contributed by atoms with van der Waals surface area (Å²) in [5, 5.41) is -0.334. The van der Waals surface area contributed by atoms with Crippen molar-refractivity contribution in [1.82, 2.24) is 4.90 Å². The number of carbonyl (C=O) groups is 2. The predicted molar refractivity (Wildman–Crippen MR) is 120 cm³/mol. The number of amides is 2. The molecule has 4 rings (SSSR count). The normalized spacial score (nSPS) is 15.0. The lowest BCUT2D eigenvalue weighted by molar-refractivity contribution is -0.123. The molecule has 0 spiro atoms. The highest BCUT2D eigenvalue weighted by atomic mass is 32.2. The molecule has 4 nitrogen and oxygen atoms in total. The van der Waals surface area contributed by atoms with Crippen molar-refractivity contribution in [3.8, 4) is 5.75 Å². The molecule has 0 N–H and O–H groups in total. The summed E-state index contributed by atoms with van der Waals surface area (Å²) in [6, 6.07) is 21.2. The van der Waals surface area contributed by atoms with Crippen molar-refractivity contribution in [1.29, 1.82) is 0 Å². The highest BCUT2D eigenvalue weighted by molar-refractivity contribution is 8.18. The highest BCUT2D eigenvalue weighted by Crippen LogP contribution is 2.33. The van der Waals surface area contributed by atoms with Crippen molar-refractivity contribution in [2.75, 3.05) is 0 Å². The van der Waals surface area contributed by atoms with Gasteiger partial charge in [-0.05, 0) is 71.3 Å². The number of thioether (sulfide) groups is 1. The number of halogens is 1. The third kappa shape index (κ3) is 5.03. The van der Waals surface area contributed by atoms with Crippen molar-refractivity contribution in [3.63, 3.8) is 0 Å². The summed E-state index contributed by atoms with van der Waals surface area (Å²) >= 11 is 0.906. The Morgan fingerprint density at radius 2 is 1.68 bits per heavy atom. The predicted octanol–water partition coefficient (Wildman–Crippen LogP) is 5.95. The second kappa shape index (κ2) is 9.18. The van der Waals surface area contributed by atoms with E-state index in [0.29, 0.717) is 17.1 Å². The Morgan fingerprint density at radius 3 is 2.39 bits per heavy atom. The average Bonchev–Trinajstić information content (AvgIpc) is 3.03. The minimum Gasteiger partial charge on any atom is -0.489 e. The number of hydrogen-bond donors (Lipinski definition) is 0. The number of ether oxygens (including phenoxy) is 1. The van der Waals surface area contributed by atoms with E-state index in [0.717, 1.165) is 28.6 Å². The number of carbonyl (C=O) groups excluding carboxylic acids is 2. The van der Waals surface area contributed by atoms with Crippen LogP contribution in [0.15, 0.2) is 77.7 Å². The van der Waals surface area contributed by atoms with E-state index in [1.807, 2.05) is 55.5 Å². The zero-order valence-electron chi connectivity index (χ0n) is 16.9. The van der Waals surface area contributed by atoms with E-state index in [2.05, 4.69) is 0 Å². The van der Waals surface area contributed by atoms with Crippen LogP contribution >= 0.6 is 11.8 Å². The van der Waals surface area contributed by atoms with Gasteiger partial charge >= 0.3 is 0 Å². The van der Waals surface area contributed by atoms with E-state index < -0.39 is 0 Å². The molecular weight excluding hydrogens is 413 g/mol. The molecule has 0 radical (unpaired) electrons. The number of aryl methyl sites for hydroxylation is 1. The maximum absolute atomic E-state index is 13.1. The van der Waals surface area contributed by atoms with Gasteiger partial charge in [0.2, 0.25) is 0 Å². The van der Waals surface area contributed by atoms with Crippen LogP contribution < -0.4 is 4.74 Å². The first-order valence-corrected chi connectivity index (χ1v) is 10.6.